The molecule has 0 fully saturated rings. The van der Waals surface area contributed by atoms with Crippen molar-refractivity contribution in [1.82, 2.24) is 0 Å². The molecule has 23 heavy (non-hydrogen) atoms. The van der Waals surface area contributed by atoms with E-state index < -0.39 is 8.80 Å². The number of ether oxygens (including phenoxy) is 1. The van der Waals surface area contributed by atoms with Gasteiger partial charge in [0.2, 0.25) is 0 Å². The fourth-order valence-electron chi connectivity index (χ4n) is 2.52. The largest absolute Gasteiger partial charge is 0.501 e. The Bertz CT molecular complexity index is 285. The minimum atomic E-state index is -2.55. The molecule has 0 radical (unpaired) electrons. The minimum absolute atomic E-state index is 0.401. The van der Waals surface area contributed by atoms with E-state index in [0.29, 0.717) is 32.3 Å². The second-order valence-corrected chi connectivity index (χ2v) is 8.63. The van der Waals surface area contributed by atoms with Crippen LogP contribution in [-0.4, -0.2) is 40.3 Å². The van der Waals surface area contributed by atoms with Crippen molar-refractivity contribution in [3.05, 3.63) is 0 Å². The average Bonchev–Trinajstić information content (AvgIpc) is 2.53. The van der Waals surface area contributed by atoms with E-state index >= 15 is 0 Å². The molecule has 0 aliphatic carbocycles. The molecule has 6 heteroatoms. The third-order valence-corrected chi connectivity index (χ3v) is 7.30. The molecule has 0 heterocycles. The first-order chi connectivity index (χ1) is 11.1. The Kier molecular flexibility index (Phi) is 14.3. The molecule has 0 spiro atoms. The summed E-state index contributed by atoms with van der Waals surface area (Å²) in [7, 11) is -2.55. The van der Waals surface area contributed by atoms with Gasteiger partial charge in [0, 0.05) is 31.8 Å². The third kappa shape index (κ3) is 9.77. The molecule has 0 rings (SSSR count). The van der Waals surface area contributed by atoms with Crippen molar-refractivity contribution in [2.45, 2.75) is 72.8 Å². The predicted molar refractivity (Wildman–Crippen MR) is 102 cm³/mol. The Morgan fingerprint density at radius 1 is 0.913 bits per heavy atom. The van der Waals surface area contributed by atoms with E-state index in [-0.39, 0.29) is 0 Å². The SMILES string of the molecule is CCCCC(CC)C(=S)OCCC[Si](OCC)(OCC)OCC. The van der Waals surface area contributed by atoms with Gasteiger partial charge in [-0.25, -0.2) is 0 Å². The zero-order valence-corrected chi connectivity index (χ0v) is 17.5. The summed E-state index contributed by atoms with van der Waals surface area (Å²) >= 11 is 5.44. The van der Waals surface area contributed by atoms with Gasteiger partial charge in [-0.05, 0) is 52.3 Å². The van der Waals surface area contributed by atoms with Crippen LogP contribution in [0.4, 0.5) is 0 Å². The lowest BCUT2D eigenvalue weighted by molar-refractivity contribution is 0.0694. The Morgan fingerprint density at radius 3 is 1.91 bits per heavy atom. The molecule has 0 amide bonds. The summed E-state index contributed by atoms with van der Waals surface area (Å²) in [4.78, 5) is 0. The first kappa shape index (κ1) is 23.0. The number of hydrogen-bond acceptors (Lipinski definition) is 5. The highest BCUT2D eigenvalue weighted by molar-refractivity contribution is 7.80. The number of thiocarbonyl (C=S) groups is 1. The topological polar surface area (TPSA) is 36.9 Å². The number of hydrogen-bond donors (Lipinski definition) is 0. The second kappa shape index (κ2) is 14.3. The number of rotatable bonds is 15. The first-order valence-corrected chi connectivity index (χ1v) is 11.5. The van der Waals surface area contributed by atoms with Crippen LogP contribution < -0.4 is 0 Å². The van der Waals surface area contributed by atoms with Crippen LogP contribution in [0.5, 0.6) is 0 Å². The van der Waals surface area contributed by atoms with Gasteiger partial charge in [0.25, 0.3) is 0 Å². The van der Waals surface area contributed by atoms with Gasteiger partial charge < -0.3 is 18.0 Å². The minimum Gasteiger partial charge on any atom is -0.487 e. The van der Waals surface area contributed by atoms with Crippen molar-refractivity contribution < 1.29 is 18.0 Å². The maximum atomic E-state index is 5.85. The summed E-state index contributed by atoms with van der Waals surface area (Å²) < 4.78 is 23.3. The van der Waals surface area contributed by atoms with E-state index in [4.69, 9.17) is 30.2 Å². The average molecular weight is 365 g/mol. The van der Waals surface area contributed by atoms with Crippen LogP contribution >= 0.6 is 12.2 Å². The van der Waals surface area contributed by atoms with Crippen molar-refractivity contribution in [3.63, 3.8) is 0 Å². The molecule has 0 aromatic carbocycles. The molecular formula is C17H36O4SSi. The highest BCUT2D eigenvalue weighted by Gasteiger charge is 2.39. The molecule has 0 saturated heterocycles. The van der Waals surface area contributed by atoms with Crippen molar-refractivity contribution in [2.75, 3.05) is 26.4 Å². The molecule has 1 atom stereocenters. The smallest absolute Gasteiger partial charge is 0.487 e. The molecule has 0 aromatic heterocycles. The zero-order valence-electron chi connectivity index (χ0n) is 15.7. The van der Waals surface area contributed by atoms with Crippen LogP contribution in [0.25, 0.3) is 0 Å². The maximum Gasteiger partial charge on any atom is 0.501 e. The summed E-state index contributed by atoms with van der Waals surface area (Å²) in [5, 5.41) is 0.762. The Hall–Kier alpha value is -0.0131. The summed E-state index contributed by atoms with van der Waals surface area (Å²) in [5.41, 5.74) is 0. The van der Waals surface area contributed by atoms with Crippen molar-refractivity contribution in [1.29, 1.82) is 0 Å². The summed E-state index contributed by atoms with van der Waals surface area (Å²) in [6, 6.07) is 0.775. The fourth-order valence-corrected chi connectivity index (χ4v) is 5.47. The second-order valence-electron chi connectivity index (χ2n) is 5.50. The normalized spacial score (nSPS) is 13.1. The number of unbranched alkanes of at least 4 members (excludes halogenated alkanes) is 1. The molecule has 138 valence electrons. The Labute approximate surface area is 149 Å². The Balaban J connectivity index is 4.28. The quantitative estimate of drug-likeness (QED) is 0.232. The van der Waals surface area contributed by atoms with E-state index in [1.54, 1.807) is 0 Å². The molecule has 0 saturated carbocycles. The van der Waals surface area contributed by atoms with Crippen molar-refractivity contribution >= 4 is 26.1 Å². The molecule has 0 N–H and O–H groups in total. The van der Waals surface area contributed by atoms with Gasteiger partial charge in [-0.1, -0.05) is 26.7 Å². The van der Waals surface area contributed by atoms with E-state index in [1.165, 1.54) is 12.8 Å². The fraction of sp³-hybridized carbons (Fsp3) is 0.941. The summed E-state index contributed by atoms with van der Waals surface area (Å²) in [5.74, 6) is 0.401. The standard InChI is InChI=1S/C17H36O4SSi/c1-6-11-13-16(7-2)17(22)18-14-12-15-23(19-8-3,20-9-4)21-10-5/h16H,6-15H2,1-5H3. The van der Waals surface area contributed by atoms with Gasteiger partial charge in [-0.3, -0.25) is 0 Å². The van der Waals surface area contributed by atoms with Crippen LogP contribution in [0, 0.1) is 5.92 Å². The van der Waals surface area contributed by atoms with Gasteiger partial charge >= 0.3 is 8.80 Å². The molecule has 1 unspecified atom stereocenters. The van der Waals surface area contributed by atoms with E-state index in [2.05, 4.69) is 13.8 Å². The van der Waals surface area contributed by atoms with E-state index in [0.717, 1.165) is 30.4 Å². The first-order valence-electron chi connectivity index (χ1n) is 9.17. The highest BCUT2D eigenvalue weighted by atomic mass is 32.1. The van der Waals surface area contributed by atoms with Crippen LogP contribution in [0.15, 0.2) is 0 Å². The lowest BCUT2D eigenvalue weighted by Crippen LogP contribution is -2.46. The summed E-state index contributed by atoms with van der Waals surface area (Å²) in [6.07, 6.45) is 5.42. The van der Waals surface area contributed by atoms with E-state index in [9.17, 15) is 0 Å². The van der Waals surface area contributed by atoms with Crippen LogP contribution in [0.1, 0.15) is 66.7 Å². The molecular weight excluding hydrogens is 328 g/mol. The monoisotopic (exact) mass is 364 g/mol. The predicted octanol–water partition coefficient (Wildman–Crippen LogP) is 4.99. The van der Waals surface area contributed by atoms with Crippen LogP contribution in [-0.2, 0) is 18.0 Å². The molecule has 0 aliphatic heterocycles. The molecule has 0 bridgehead atoms. The van der Waals surface area contributed by atoms with Gasteiger partial charge in [-0.15, -0.1) is 0 Å². The van der Waals surface area contributed by atoms with Crippen molar-refractivity contribution in [2.24, 2.45) is 5.92 Å². The Morgan fingerprint density at radius 2 is 1.48 bits per heavy atom. The maximum absolute atomic E-state index is 5.85. The van der Waals surface area contributed by atoms with Crippen LogP contribution in [0.2, 0.25) is 6.04 Å². The van der Waals surface area contributed by atoms with E-state index in [1.807, 2.05) is 20.8 Å². The highest BCUT2D eigenvalue weighted by Crippen LogP contribution is 2.20. The zero-order chi connectivity index (χ0) is 17.6. The van der Waals surface area contributed by atoms with Gasteiger partial charge in [0.05, 0.1) is 6.61 Å². The van der Waals surface area contributed by atoms with Crippen LogP contribution in [0.3, 0.4) is 0 Å². The molecule has 4 nitrogen and oxygen atoms in total. The van der Waals surface area contributed by atoms with Gasteiger partial charge in [0.15, 0.2) is 5.05 Å². The third-order valence-electron chi connectivity index (χ3n) is 3.70. The van der Waals surface area contributed by atoms with Crippen molar-refractivity contribution in [3.8, 4) is 0 Å². The molecule has 0 aliphatic rings. The van der Waals surface area contributed by atoms with Gasteiger partial charge in [-0.2, -0.15) is 0 Å². The molecule has 0 aromatic rings. The lowest BCUT2D eigenvalue weighted by Gasteiger charge is -2.28. The van der Waals surface area contributed by atoms with Gasteiger partial charge in [0.1, 0.15) is 0 Å². The summed E-state index contributed by atoms with van der Waals surface area (Å²) in [6.45, 7) is 12.8. The lowest BCUT2D eigenvalue weighted by atomic mass is 10.0.